The summed E-state index contributed by atoms with van der Waals surface area (Å²) in [5, 5.41) is 8.84. The maximum atomic E-state index is 8.84. The van der Waals surface area contributed by atoms with E-state index in [2.05, 4.69) is 13.8 Å². The number of hydrogen-bond donors (Lipinski definition) is 1. The van der Waals surface area contributed by atoms with Gasteiger partial charge < -0.3 is 14.6 Å². The zero-order valence-electron chi connectivity index (χ0n) is 11.2. The van der Waals surface area contributed by atoms with Gasteiger partial charge in [0.05, 0.1) is 11.7 Å². The van der Waals surface area contributed by atoms with Gasteiger partial charge >= 0.3 is 0 Å². The lowest BCUT2D eigenvalue weighted by atomic mass is 10.1. The van der Waals surface area contributed by atoms with Crippen LogP contribution >= 0.6 is 0 Å². The highest BCUT2D eigenvalue weighted by Crippen LogP contribution is 2.29. The van der Waals surface area contributed by atoms with Crippen molar-refractivity contribution in [2.45, 2.75) is 44.8 Å². The molecule has 0 spiro atoms. The Labute approximate surface area is 109 Å². The molecule has 1 heterocycles. The van der Waals surface area contributed by atoms with Gasteiger partial charge in [0.2, 0.25) is 0 Å². The molecular formula is C15H22O3. The number of hydrogen-bond acceptors (Lipinski definition) is 3. The molecule has 1 aliphatic rings. The molecule has 3 heteroatoms. The summed E-state index contributed by atoms with van der Waals surface area (Å²) in [6.45, 7) is 5.04. The molecule has 0 amide bonds. The lowest BCUT2D eigenvalue weighted by Gasteiger charge is -2.19. The van der Waals surface area contributed by atoms with Crippen LogP contribution in [0.25, 0.3) is 0 Å². The zero-order valence-corrected chi connectivity index (χ0v) is 11.2. The van der Waals surface area contributed by atoms with Crippen LogP contribution in [-0.4, -0.2) is 30.0 Å². The van der Waals surface area contributed by atoms with Crippen molar-refractivity contribution in [3.05, 3.63) is 29.8 Å². The summed E-state index contributed by atoms with van der Waals surface area (Å²) in [6, 6.07) is 7.88. The fraction of sp³-hybridized carbons (Fsp3) is 0.600. The van der Waals surface area contributed by atoms with Gasteiger partial charge in [-0.15, -0.1) is 0 Å². The standard InChI is InChI=1S/C15H22O3/c1-15(2)9-7-14(18-15)11-17-13-5-3-12(4-6-13)8-10-16/h3-6,14,16H,7-11H2,1-2H3. The van der Waals surface area contributed by atoms with E-state index in [-0.39, 0.29) is 18.3 Å². The molecule has 18 heavy (non-hydrogen) atoms. The van der Waals surface area contributed by atoms with Crippen LogP contribution in [0.1, 0.15) is 32.3 Å². The second-order valence-electron chi connectivity index (χ2n) is 5.47. The van der Waals surface area contributed by atoms with Gasteiger partial charge in [0.1, 0.15) is 12.4 Å². The summed E-state index contributed by atoms with van der Waals surface area (Å²) in [4.78, 5) is 0. The van der Waals surface area contributed by atoms with Crippen molar-refractivity contribution < 1.29 is 14.6 Å². The molecule has 0 saturated carbocycles. The highest BCUT2D eigenvalue weighted by molar-refractivity contribution is 5.27. The number of rotatable bonds is 5. The van der Waals surface area contributed by atoms with Crippen LogP contribution in [0, 0.1) is 0 Å². The van der Waals surface area contributed by atoms with Crippen LogP contribution in [0.15, 0.2) is 24.3 Å². The van der Waals surface area contributed by atoms with Crippen molar-refractivity contribution >= 4 is 0 Å². The Bertz CT molecular complexity index is 370. The van der Waals surface area contributed by atoms with Gasteiger partial charge in [0.25, 0.3) is 0 Å². The molecule has 1 N–H and O–H groups in total. The lowest BCUT2D eigenvalue weighted by molar-refractivity contribution is -0.0326. The normalized spacial score (nSPS) is 22.1. The maximum absolute atomic E-state index is 8.84. The van der Waals surface area contributed by atoms with Crippen molar-refractivity contribution in [3.63, 3.8) is 0 Å². The van der Waals surface area contributed by atoms with E-state index < -0.39 is 0 Å². The molecule has 0 aliphatic carbocycles. The van der Waals surface area contributed by atoms with Crippen molar-refractivity contribution in [1.29, 1.82) is 0 Å². The van der Waals surface area contributed by atoms with Gasteiger partial charge in [-0.1, -0.05) is 12.1 Å². The molecular weight excluding hydrogens is 228 g/mol. The topological polar surface area (TPSA) is 38.7 Å². The predicted molar refractivity (Wildman–Crippen MR) is 70.9 cm³/mol. The van der Waals surface area contributed by atoms with Crippen molar-refractivity contribution in [3.8, 4) is 5.75 Å². The molecule has 100 valence electrons. The lowest BCUT2D eigenvalue weighted by Crippen LogP contribution is -2.23. The van der Waals surface area contributed by atoms with Crippen LogP contribution in [0.2, 0.25) is 0 Å². The number of aliphatic hydroxyl groups is 1. The van der Waals surface area contributed by atoms with E-state index in [9.17, 15) is 0 Å². The smallest absolute Gasteiger partial charge is 0.119 e. The Kier molecular flexibility index (Phi) is 4.25. The van der Waals surface area contributed by atoms with Crippen LogP contribution in [0.3, 0.4) is 0 Å². The summed E-state index contributed by atoms with van der Waals surface area (Å²) < 4.78 is 11.6. The van der Waals surface area contributed by atoms with Gasteiger partial charge in [0, 0.05) is 6.61 Å². The van der Waals surface area contributed by atoms with E-state index in [1.54, 1.807) is 0 Å². The van der Waals surface area contributed by atoms with E-state index in [4.69, 9.17) is 14.6 Å². The third-order valence-corrected chi connectivity index (χ3v) is 3.31. The minimum Gasteiger partial charge on any atom is -0.491 e. The minimum absolute atomic E-state index is 0.000982. The monoisotopic (exact) mass is 250 g/mol. The van der Waals surface area contributed by atoms with E-state index in [0.29, 0.717) is 13.0 Å². The van der Waals surface area contributed by atoms with Crippen molar-refractivity contribution in [2.75, 3.05) is 13.2 Å². The molecule has 0 bridgehead atoms. The van der Waals surface area contributed by atoms with Gasteiger partial charge in [0.15, 0.2) is 0 Å². The first kappa shape index (κ1) is 13.4. The number of benzene rings is 1. The average molecular weight is 250 g/mol. The summed E-state index contributed by atoms with van der Waals surface area (Å²) in [7, 11) is 0. The fourth-order valence-corrected chi connectivity index (χ4v) is 2.27. The molecule has 0 aromatic heterocycles. The molecule has 1 saturated heterocycles. The Morgan fingerprint density at radius 3 is 2.61 bits per heavy atom. The summed E-state index contributed by atoms with van der Waals surface area (Å²) in [5.74, 6) is 0.866. The maximum Gasteiger partial charge on any atom is 0.119 e. The van der Waals surface area contributed by atoms with Crippen LogP contribution in [0.4, 0.5) is 0 Å². The summed E-state index contributed by atoms with van der Waals surface area (Å²) in [6.07, 6.45) is 3.06. The van der Waals surface area contributed by atoms with E-state index in [1.807, 2.05) is 24.3 Å². The first-order valence-electron chi connectivity index (χ1n) is 6.59. The molecule has 1 aliphatic heterocycles. The first-order valence-corrected chi connectivity index (χ1v) is 6.59. The molecule has 1 aromatic rings. The Morgan fingerprint density at radius 1 is 1.33 bits per heavy atom. The molecule has 3 nitrogen and oxygen atoms in total. The van der Waals surface area contributed by atoms with Crippen LogP contribution < -0.4 is 4.74 Å². The third kappa shape index (κ3) is 3.72. The number of aliphatic hydroxyl groups excluding tert-OH is 1. The summed E-state index contributed by atoms with van der Waals surface area (Å²) in [5.41, 5.74) is 1.13. The minimum atomic E-state index is -0.000982. The average Bonchev–Trinajstić information content (AvgIpc) is 2.69. The fourth-order valence-electron chi connectivity index (χ4n) is 2.27. The Hall–Kier alpha value is -1.06. The Balaban J connectivity index is 1.80. The zero-order chi connectivity index (χ0) is 13.0. The second-order valence-corrected chi connectivity index (χ2v) is 5.47. The molecule has 1 fully saturated rings. The van der Waals surface area contributed by atoms with Gasteiger partial charge in [-0.2, -0.15) is 0 Å². The van der Waals surface area contributed by atoms with E-state index in [0.717, 1.165) is 24.2 Å². The van der Waals surface area contributed by atoms with E-state index in [1.165, 1.54) is 0 Å². The number of ether oxygens (including phenoxy) is 2. The first-order chi connectivity index (χ1) is 8.59. The summed E-state index contributed by atoms with van der Waals surface area (Å²) >= 11 is 0. The molecule has 1 aromatic carbocycles. The highest BCUT2D eigenvalue weighted by Gasteiger charge is 2.31. The molecule has 2 rings (SSSR count). The van der Waals surface area contributed by atoms with Crippen LogP contribution in [-0.2, 0) is 11.2 Å². The molecule has 1 unspecified atom stereocenters. The third-order valence-electron chi connectivity index (χ3n) is 3.31. The van der Waals surface area contributed by atoms with Crippen molar-refractivity contribution in [1.82, 2.24) is 0 Å². The predicted octanol–water partition coefficient (Wildman–Crippen LogP) is 2.56. The highest BCUT2D eigenvalue weighted by atomic mass is 16.6. The van der Waals surface area contributed by atoms with Gasteiger partial charge in [-0.25, -0.2) is 0 Å². The van der Waals surface area contributed by atoms with Crippen LogP contribution in [0.5, 0.6) is 5.75 Å². The quantitative estimate of drug-likeness (QED) is 0.873. The second kappa shape index (κ2) is 5.72. The van der Waals surface area contributed by atoms with Gasteiger partial charge in [-0.3, -0.25) is 0 Å². The Morgan fingerprint density at radius 2 is 2.06 bits per heavy atom. The largest absolute Gasteiger partial charge is 0.491 e. The SMILES string of the molecule is CC1(C)CCC(COc2ccc(CCO)cc2)O1. The van der Waals surface area contributed by atoms with Crippen molar-refractivity contribution in [2.24, 2.45) is 0 Å². The molecule has 1 atom stereocenters. The van der Waals surface area contributed by atoms with E-state index >= 15 is 0 Å². The molecule has 0 radical (unpaired) electrons. The van der Waals surface area contributed by atoms with Gasteiger partial charge in [-0.05, 0) is 50.8 Å².